The molecule has 0 aromatic heterocycles. The van der Waals surface area contributed by atoms with Crippen molar-refractivity contribution in [1.29, 1.82) is 0 Å². The van der Waals surface area contributed by atoms with Crippen molar-refractivity contribution in [3.05, 3.63) is 35.4 Å². The first-order valence-corrected chi connectivity index (χ1v) is 13.5. The average Bonchev–Trinajstić information content (AvgIpc) is 2.67. The zero-order valence-electron chi connectivity index (χ0n) is 20.8. The number of rotatable bonds is 14. The fourth-order valence-corrected chi connectivity index (χ4v) is 4.25. The Labute approximate surface area is 195 Å². The van der Waals surface area contributed by atoms with Gasteiger partial charge in [0.05, 0.1) is 6.26 Å². The first-order valence-electron chi connectivity index (χ1n) is 11.7. The molecule has 0 aliphatic heterocycles. The van der Waals surface area contributed by atoms with Gasteiger partial charge in [-0.15, -0.1) is 0 Å². The predicted molar refractivity (Wildman–Crippen MR) is 131 cm³/mol. The quantitative estimate of drug-likeness (QED) is 0.409. The molecule has 32 heavy (non-hydrogen) atoms. The highest BCUT2D eigenvalue weighted by atomic mass is 32.2. The SMILES string of the molecule is CCCN(CCC)CCCCN(Cc1ccc(CNC(=O)OC(C)(C)C)cc1)S(C)(=O)=O. The van der Waals surface area contributed by atoms with Crippen LogP contribution in [-0.2, 0) is 27.8 Å². The smallest absolute Gasteiger partial charge is 0.407 e. The van der Waals surface area contributed by atoms with Gasteiger partial charge in [0.1, 0.15) is 5.60 Å². The maximum Gasteiger partial charge on any atom is 0.407 e. The molecule has 1 amide bonds. The van der Waals surface area contributed by atoms with E-state index in [0.717, 1.165) is 56.4 Å². The minimum atomic E-state index is -3.29. The molecular formula is C24H43N3O4S. The van der Waals surface area contributed by atoms with Gasteiger partial charge >= 0.3 is 6.09 Å². The third kappa shape index (κ3) is 12.4. The molecule has 1 aromatic carbocycles. The van der Waals surface area contributed by atoms with Gasteiger partial charge in [-0.05, 0) is 77.2 Å². The van der Waals surface area contributed by atoms with Crippen LogP contribution in [0.2, 0.25) is 0 Å². The third-order valence-electron chi connectivity index (χ3n) is 4.90. The van der Waals surface area contributed by atoms with Crippen LogP contribution < -0.4 is 5.32 Å². The fraction of sp³-hybridized carbons (Fsp3) is 0.708. The Kier molecular flexibility index (Phi) is 12.2. The zero-order valence-corrected chi connectivity index (χ0v) is 21.6. The Bertz CT molecular complexity index is 767. The van der Waals surface area contributed by atoms with E-state index >= 15 is 0 Å². The van der Waals surface area contributed by atoms with Gasteiger partial charge < -0.3 is 15.0 Å². The van der Waals surface area contributed by atoms with Crippen molar-refractivity contribution in [1.82, 2.24) is 14.5 Å². The average molecular weight is 470 g/mol. The molecule has 7 nitrogen and oxygen atoms in total. The van der Waals surface area contributed by atoms with Gasteiger partial charge in [0, 0.05) is 19.6 Å². The summed E-state index contributed by atoms with van der Waals surface area (Å²) in [4.78, 5) is 14.2. The van der Waals surface area contributed by atoms with E-state index in [9.17, 15) is 13.2 Å². The van der Waals surface area contributed by atoms with Crippen molar-refractivity contribution in [3.8, 4) is 0 Å². The molecule has 0 unspecified atom stereocenters. The molecule has 0 aliphatic rings. The van der Waals surface area contributed by atoms with Gasteiger partial charge in [0.25, 0.3) is 0 Å². The first kappa shape index (κ1) is 28.4. The number of amides is 1. The van der Waals surface area contributed by atoms with Gasteiger partial charge in [0.15, 0.2) is 0 Å². The van der Waals surface area contributed by atoms with Crippen LogP contribution in [0.1, 0.15) is 71.4 Å². The van der Waals surface area contributed by atoms with Gasteiger partial charge in [-0.3, -0.25) is 0 Å². The molecule has 1 aromatic rings. The highest BCUT2D eigenvalue weighted by Gasteiger charge is 2.18. The second-order valence-corrected chi connectivity index (χ2v) is 11.3. The molecule has 8 heteroatoms. The summed E-state index contributed by atoms with van der Waals surface area (Å²) in [6.45, 7) is 14.3. The molecule has 1 N–H and O–H groups in total. The molecular weight excluding hydrogens is 426 g/mol. The van der Waals surface area contributed by atoms with E-state index in [1.54, 1.807) is 4.31 Å². The molecule has 0 atom stereocenters. The Morgan fingerprint density at radius 2 is 1.47 bits per heavy atom. The number of hydrogen-bond acceptors (Lipinski definition) is 5. The Morgan fingerprint density at radius 1 is 0.938 bits per heavy atom. The molecule has 0 radical (unpaired) electrons. The summed E-state index contributed by atoms with van der Waals surface area (Å²) in [5, 5.41) is 2.73. The van der Waals surface area contributed by atoms with Crippen LogP contribution in [0.25, 0.3) is 0 Å². The number of nitrogens with zero attached hydrogens (tertiary/aromatic N) is 2. The number of nitrogens with one attached hydrogen (secondary N) is 1. The molecule has 0 heterocycles. The highest BCUT2D eigenvalue weighted by molar-refractivity contribution is 7.88. The lowest BCUT2D eigenvalue weighted by molar-refractivity contribution is 0.0523. The Hall–Kier alpha value is -1.64. The lowest BCUT2D eigenvalue weighted by Gasteiger charge is -2.23. The summed E-state index contributed by atoms with van der Waals surface area (Å²) < 4.78 is 31.3. The molecule has 184 valence electrons. The first-order chi connectivity index (χ1) is 14.9. The monoisotopic (exact) mass is 469 g/mol. The van der Waals surface area contributed by atoms with E-state index in [-0.39, 0.29) is 0 Å². The molecule has 0 saturated carbocycles. The maximum absolute atomic E-state index is 12.3. The van der Waals surface area contributed by atoms with Gasteiger partial charge in [-0.25, -0.2) is 13.2 Å². The van der Waals surface area contributed by atoms with Crippen LogP contribution in [0.5, 0.6) is 0 Å². The largest absolute Gasteiger partial charge is 0.444 e. The van der Waals surface area contributed by atoms with E-state index in [1.165, 1.54) is 6.26 Å². The number of benzene rings is 1. The molecule has 0 bridgehead atoms. The fourth-order valence-electron chi connectivity index (χ4n) is 3.41. The Morgan fingerprint density at radius 3 is 1.97 bits per heavy atom. The van der Waals surface area contributed by atoms with E-state index in [2.05, 4.69) is 24.1 Å². The van der Waals surface area contributed by atoms with Gasteiger partial charge in [-0.1, -0.05) is 38.1 Å². The number of hydrogen-bond donors (Lipinski definition) is 1. The van der Waals surface area contributed by atoms with Crippen molar-refractivity contribution in [3.63, 3.8) is 0 Å². The van der Waals surface area contributed by atoms with Crippen molar-refractivity contribution < 1.29 is 17.9 Å². The van der Waals surface area contributed by atoms with Crippen molar-refractivity contribution in [2.45, 2.75) is 79.0 Å². The van der Waals surface area contributed by atoms with Crippen LogP contribution in [0.3, 0.4) is 0 Å². The molecule has 1 rings (SSSR count). The van der Waals surface area contributed by atoms with E-state index in [1.807, 2.05) is 45.0 Å². The summed E-state index contributed by atoms with van der Waals surface area (Å²) in [5.41, 5.74) is 1.32. The topological polar surface area (TPSA) is 79.0 Å². The van der Waals surface area contributed by atoms with Crippen molar-refractivity contribution in [2.24, 2.45) is 0 Å². The predicted octanol–water partition coefficient (Wildman–Crippen LogP) is 4.38. The Balaban J connectivity index is 2.56. The second kappa shape index (κ2) is 13.8. The number of alkyl carbamates (subject to hydrolysis) is 1. The van der Waals surface area contributed by atoms with E-state index in [4.69, 9.17) is 4.74 Å². The number of ether oxygens (including phenoxy) is 1. The summed E-state index contributed by atoms with van der Waals surface area (Å²) in [6, 6.07) is 7.63. The van der Waals surface area contributed by atoms with Crippen LogP contribution in [0.4, 0.5) is 4.79 Å². The maximum atomic E-state index is 12.3. The summed E-state index contributed by atoms with van der Waals surface area (Å²) in [5.74, 6) is 0. The molecule has 0 spiro atoms. The van der Waals surface area contributed by atoms with Crippen LogP contribution in [0, 0.1) is 0 Å². The normalized spacial score (nSPS) is 12.4. The number of unbranched alkanes of at least 4 members (excludes halogenated alkanes) is 1. The van der Waals surface area contributed by atoms with E-state index < -0.39 is 21.7 Å². The molecule has 0 fully saturated rings. The summed E-state index contributed by atoms with van der Waals surface area (Å²) in [6.07, 6.45) is 4.92. The summed E-state index contributed by atoms with van der Waals surface area (Å²) in [7, 11) is -3.29. The van der Waals surface area contributed by atoms with Gasteiger partial charge in [0.2, 0.25) is 10.0 Å². The highest BCUT2D eigenvalue weighted by Crippen LogP contribution is 2.13. The second-order valence-electron chi connectivity index (χ2n) is 9.32. The third-order valence-corrected chi connectivity index (χ3v) is 6.15. The molecule has 0 aliphatic carbocycles. The number of sulfonamides is 1. The van der Waals surface area contributed by atoms with Crippen LogP contribution >= 0.6 is 0 Å². The van der Waals surface area contributed by atoms with E-state index in [0.29, 0.717) is 19.6 Å². The minimum absolute atomic E-state index is 0.353. The van der Waals surface area contributed by atoms with Crippen LogP contribution in [-0.4, -0.2) is 61.8 Å². The minimum Gasteiger partial charge on any atom is -0.444 e. The van der Waals surface area contributed by atoms with Crippen molar-refractivity contribution >= 4 is 16.1 Å². The standard InChI is InChI=1S/C24H43N3O4S/c1-7-15-26(16-8-2)17-9-10-18-27(32(6,29)30)20-22-13-11-21(12-14-22)19-25-23(28)31-24(3,4)5/h11-14H,7-10,15-20H2,1-6H3,(H,25,28). The number of carbonyl (C=O) groups is 1. The molecule has 0 saturated heterocycles. The van der Waals surface area contributed by atoms with Gasteiger partial charge in [-0.2, -0.15) is 4.31 Å². The number of carbonyl (C=O) groups excluding carboxylic acids is 1. The van der Waals surface area contributed by atoms with Crippen molar-refractivity contribution in [2.75, 3.05) is 32.4 Å². The lowest BCUT2D eigenvalue weighted by atomic mass is 10.1. The summed E-state index contributed by atoms with van der Waals surface area (Å²) >= 11 is 0. The zero-order chi connectivity index (χ0) is 24.2. The van der Waals surface area contributed by atoms with Crippen LogP contribution in [0.15, 0.2) is 24.3 Å². The lowest BCUT2D eigenvalue weighted by Crippen LogP contribution is -2.32.